The molecule has 24 heavy (non-hydrogen) atoms. The second kappa shape index (κ2) is 9.79. The summed E-state index contributed by atoms with van der Waals surface area (Å²) >= 11 is 0. The Balaban J connectivity index is 2.44. The molecule has 8 heteroatoms. The van der Waals surface area contributed by atoms with Gasteiger partial charge in [0.05, 0.1) is 13.0 Å². The van der Waals surface area contributed by atoms with Crippen molar-refractivity contribution in [3.05, 3.63) is 29.8 Å². The number of amides is 1. The minimum absolute atomic E-state index is 0.130. The van der Waals surface area contributed by atoms with Crippen molar-refractivity contribution in [1.82, 2.24) is 10.6 Å². The Morgan fingerprint density at radius 2 is 1.83 bits per heavy atom. The molecule has 5 nitrogen and oxygen atoms in total. The normalized spacial score (nSPS) is 12.0. The van der Waals surface area contributed by atoms with Crippen LogP contribution in [0.1, 0.15) is 25.8 Å². The lowest BCUT2D eigenvalue weighted by atomic mass is 10.1. The van der Waals surface area contributed by atoms with Crippen LogP contribution in [0.2, 0.25) is 0 Å². The molecule has 0 unspecified atom stereocenters. The Bertz CT molecular complexity index is 541. The van der Waals surface area contributed by atoms with E-state index in [-0.39, 0.29) is 12.5 Å². The Kier molecular flexibility index (Phi) is 8.08. The van der Waals surface area contributed by atoms with Crippen molar-refractivity contribution in [3.63, 3.8) is 0 Å². The van der Waals surface area contributed by atoms with Gasteiger partial charge in [-0.2, -0.15) is 13.2 Å². The summed E-state index contributed by atoms with van der Waals surface area (Å²) in [7, 11) is 0. The van der Waals surface area contributed by atoms with E-state index in [0.29, 0.717) is 25.5 Å². The van der Waals surface area contributed by atoms with E-state index < -0.39 is 12.6 Å². The average molecular weight is 344 g/mol. The molecule has 1 aromatic rings. The highest BCUT2D eigenvalue weighted by molar-refractivity contribution is 5.88. The molecule has 0 fully saturated rings. The zero-order valence-corrected chi connectivity index (χ0v) is 13.8. The number of guanidine groups is 1. The van der Waals surface area contributed by atoms with E-state index in [2.05, 4.69) is 20.9 Å². The molecule has 3 N–H and O–H groups in total. The number of carbonyl (C=O) groups excluding carboxylic acids is 1. The topological polar surface area (TPSA) is 65.5 Å². The van der Waals surface area contributed by atoms with Crippen molar-refractivity contribution in [2.24, 2.45) is 4.99 Å². The van der Waals surface area contributed by atoms with E-state index in [1.807, 2.05) is 19.1 Å². The predicted molar refractivity (Wildman–Crippen MR) is 89.1 cm³/mol. The number of nitrogens with zero attached hydrogens (tertiary/aromatic N) is 1. The number of halogens is 3. The minimum Gasteiger partial charge on any atom is -0.357 e. The Morgan fingerprint density at radius 1 is 1.17 bits per heavy atom. The molecule has 0 aliphatic rings. The monoisotopic (exact) mass is 344 g/mol. The number of anilines is 1. The van der Waals surface area contributed by atoms with Crippen molar-refractivity contribution < 1.29 is 18.0 Å². The average Bonchev–Trinajstić information content (AvgIpc) is 2.47. The molecule has 0 spiro atoms. The number of rotatable bonds is 7. The van der Waals surface area contributed by atoms with Gasteiger partial charge in [-0.15, -0.1) is 0 Å². The van der Waals surface area contributed by atoms with Crippen molar-refractivity contribution in [3.8, 4) is 0 Å². The number of carbonyl (C=O) groups is 1. The lowest BCUT2D eigenvalue weighted by Crippen LogP contribution is -2.38. The molecule has 0 heterocycles. The molecule has 0 atom stereocenters. The van der Waals surface area contributed by atoms with Crippen molar-refractivity contribution in [2.75, 3.05) is 25.0 Å². The number of aliphatic imine (C=N–C) groups is 1. The fourth-order valence-corrected chi connectivity index (χ4v) is 1.92. The molecule has 134 valence electrons. The van der Waals surface area contributed by atoms with Crippen LogP contribution < -0.4 is 16.0 Å². The SMILES string of the molecule is CCNC(=NCCC(F)(F)F)NCCc1ccc(NC(C)=O)cc1. The zero-order chi connectivity index (χ0) is 18.0. The van der Waals surface area contributed by atoms with E-state index in [9.17, 15) is 18.0 Å². The highest BCUT2D eigenvalue weighted by Gasteiger charge is 2.26. The summed E-state index contributed by atoms with van der Waals surface area (Å²) in [5.41, 5.74) is 1.77. The first-order valence-corrected chi connectivity index (χ1v) is 7.75. The smallest absolute Gasteiger partial charge is 0.357 e. The molecule has 0 radical (unpaired) electrons. The van der Waals surface area contributed by atoms with Crippen molar-refractivity contribution in [2.45, 2.75) is 32.9 Å². The van der Waals surface area contributed by atoms with E-state index in [4.69, 9.17) is 0 Å². The summed E-state index contributed by atoms with van der Waals surface area (Å²) in [5, 5.41) is 8.60. The second-order valence-corrected chi connectivity index (χ2v) is 5.18. The van der Waals surface area contributed by atoms with Gasteiger partial charge in [0.1, 0.15) is 0 Å². The van der Waals surface area contributed by atoms with Crippen LogP contribution in [-0.2, 0) is 11.2 Å². The first-order valence-electron chi connectivity index (χ1n) is 7.75. The molecule has 0 saturated heterocycles. The molecule has 0 saturated carbocycles. The van der Waals surface area contributed by atoms with E-state index in [1.165, 1.54) is 6.92 Å². The summed E-state index contributed by atoms with van der Waals surface area (Å²) in [6, 6.07) is 7.39. The van der Waals surface area contributed by atoms with Gasteiger partial charge in [-0.3, -0.25) is 9.79 Å². The number of nitrogens with one attached hydrogen (secondary N) is 3. The maximum Gasteiger partial charge on any atom is 0.390 e. The maximum atomic E-state index is 12.1. The van der Waals surface area contributed by atoms with Crippen LogP contribution in [0.5, 0.6) is 0 Å². The Labute approximate surface area is 139 Å². The molecule has 1 aromatic carbocycles. The zero-order valence-electron chi connectivity index (χ0n) is 13.8. The third kappa shape index (κ3) is 9.02. The molecule has 1 rings (SSSR count). The Hall–Kier alpha value is -2.25. The van der Waals surface area contributed by atoms with Crippen LogP contribution in [0.15, 0.2) is 29.3 Å². The number of hydrogen-bond donors (Lipinski definition) is 3. The largest absolute Gasteiger partial charge is 0.390 e. The quantitative estimate of drug-likeness (QED) is 0.526. The fraction of sp³-hybridized carbons (Fsp3) is 0.500. The fourth-order valence-electron chi connectivity index (χ4n) is 1.92. The summed E-state index contributed by atoms with van der Waals surface area (Å²) in [6.07, 6.45) is -4.45. The Morgan fingerprint density at radius 3 is 2.38 bits per heavy atom. The summed E-state index contributed by atoms with van der Waals surface area (Å²) in [6.45, 7) is 4.10. The molecule has 0 aliphatic heterocycles. The van der Waals surface area contributed by atoms with Gasteiger partial charge in [-0.25, -0.2) is 0 Å². The van der Waals surface area contributed by atoms with Gasteiger partial charge in [-0.1, -0.05) is 12.1 Å². The third-order valence-corrected chi connectivity index (χ3v) is 2.99. The minimum atomic E-state index is -4.20. The van der Waals surface area contributed by atoms with E-state index >= 15 is 0 Å². The van der Waals surface area contributed by atoms with Gasteiger partial charge >= 0.3 is 6.18 Å². The number of benzene rings is 1. The van der Waals surface area contributed by atoms with Gasteiger partial charge in [-0.05, 0) is 31.0 Å². The van der Waals surface area contributed by atoms with Crippen molar-refractivity contribution >= 4 is 17.6 Å². The van der Waals surface area contributed by atoms with Gasteiger partial charge < -0.3 is 16.0 Å². The summed E-state index contributed by atoms with van der Waals surface area (Å²) in [5.74, 6) is 0.242. The standard InChI is InChI=1S/C16H23F3N4O/c1-3-20-15(22-11-9-16(17,18)19)21-10-8-13-4-6-14(7-5-13)23-12(2)24/h4-7H,3,8-11H2,1-2H3,(H,23,24)(H2,20,21,22). The highest BCUT2D eigenvalue weighted by Crippen LogP contribution is 2.18. The molecule has 1 amide bonds. The van der Waals surface area contributed by atoms with Gasteiger partial charge in [0.2, 0.25) is 5.91 Å². The maximum absolute atomic E-state index is 12.1. The lowest BCUT2D eigenvalue weighted by Gasteiger charge is -2.12. The molecule has 0 aliphatic carbocycles. The van der Waals surface area contributed by atoms with Crippen LogP contribution in [0.4, 0.5) is 18.9 Å². The first-order chi connectivity index (χ1) is 11.3. The third-order valence-electron chi connectivity index (χ3n) is 2.99. The molecular formula is C16H23F3N4O. The lowest BCUT2D eigenvalue weighted by molar-refractivity contribution is -0.132. The van der Waals surface area contributed by atoms with Crippen LogP contribution in [0.25, 0.3) is 0 Å². The molecule has 0 aromatic heterocycles. The van der Waals surface area contributed by atoms with Crippen LogP contribution in [0, 0.1) is 0 Å². The highest BCUT2D eigenvalue weighted by atomic mass is 19.4. The van der Waals surface area contributed by atoms with Gasteiger partial charge in [0.15, 0.2) is 5.96 Å². The first kappa shape index (κ1) is 19.8. The molecule has 0 bridgehead atoms. The van der Waals surface area contributed by atoms with Crippen LogP contribution in [0.3, 0.4) is 0 Å². The summed E-state index contributed by atoms with van der Waals surface area (Å²) < 4.78 is 36.4. The van der Waals surface area contributed by atoms with E-state index in [1.54, 1.807) is 12.1 Å². The van der Waals surface area contributed by atoms with Crippen LogP contribution in [-0.4, -0.2) is 37.7 Å². The van der Waals surface area contributed by atoms with Gasteiger partial charge in [0.25, 0.3) is 0 Å². The van der Waals surface area contributed by atoms with Crippen LogP contribution >= 0.6 is 0 Å². The second-order valence-electron chi connectivity index (χ2n) is 5.18. The number of hydrogen-bond acceptors (Lipinski definition) is 2. The predicted octanol–water partition coefficient (Wildman–Crippen LogP) is 2.70. The van der Waals surface area contributed by atoms with E-state index in [0.717, 1.165) is 11.3 Å². The van der Waals surface area contributed by atoms with Crippen molar-refractivity contribution in [1.29, 1.82) is 0 Å². The summed E-state index contributed by atoms with van der Waals surface area (Å²) in [4.78, 5) is 14.8. The number of alkyl halides is 3. The molecular weight excluding hydrogens is 321 g/mol. The van der Waals surface area contributed by atoms with Gasteiger partial charge in [0, 0.05) is 25.7 Å².